The van der Waals surface area contributed by atoms with Gasteiger partial charge in [0, 0.05) is 45.6 Å². The molecule has 0 bridgehead atoms. The first-order valence-electron chi connectivity index (χ1n) is 11.6. The average molecular weight is 512 g/mol. The van der Waals surface area contributed by atoms with Gasteiger partial charge >= 0.3 is 0 Å². The smallest absolute Gasteiger partial charge is 0.205 e. The minimum atomic E-state index is -0.514. The molecule has 4 aromatic rings. The van der Waals surface area contributed by atoms with Crippen LogP contribution in [-0.4, -0.2) is 27.9 Å². The summed E-state index contributed by atoms with van der Waals surface area (Å²) in [4.78, 5) is 4.40. The van der Waals surface area contributed by atoms with Crippen LogP contribution in [-0.2, 0) is 0 Å². The Morgan fingerprint density at radius 1 is 1.29 bits per heavy atom. The largest absolute Gasteiger partial charge is 0.478 e. The van der Waals surface area contributed by atoms with E-state index in [2.05, 4.69) is 28.2 Å². The van der Waals surface area contributed by atoms with Crippen LogP contribution in [0.2, 0.25) is 10.0 Å². The zero-order valence-corrected chi connectivity index (χ0v) is 20.9. The van der Waals surface area contributed by atoms with Crippen molar-refractivity contribution in [2.75, 3.05) is 18.8 Å². The van der Waals surface area contributed by atoms with Gasteiger partial charge in [0.05, 0.1) is 17.6 Å². The van der Waals surface area contributed by atoms with Gasteiger partial charge < -0.3 is 20.2 Å². The fourth-order valence-corrected chi connectivity index (χ4v) is 5.19. The van der Waals surface area contributed by atoms with Crippen LogP contribution in [0.1, 0.15) is 43.9 Å². The van der Waals surface area contributed by atoms with Crippen LogP contribution in [0, 0.1) is 0 Å². The lowest BCUT2D eigenvalue weighted by Crippen LogP contribution is -2.29. The lowest BCUT2D eigenvalue weighted by Gasteiger charge is -2.22. The minimum Gasteiger partial charge on any atom is -0.478 e. The fourth-order valence-electron chi connectivity index (χ4n) is 4.55. The van der Waals surface area contributed by atoms with E-state index in [0.29, 0.717) is 39.4 Å². The Hall–Kier alpha value is -3.00. The Bertz CT molecular complexity index is 1350. The van der Waals surface area contributed by atoms with E-state index in [0.717, 1.165) is 48.0 Å². The first-order valence-corrected chi connectivity index (χ1v) is 12.3. The van der Waals surface area contributed by atoms with Gasteiger partial charge in [0.15, 0.2) is 11.4 Å². The van der Waals surface area contributed by atoms with E-state index < -0.39 is 6.10 Å². The maximum absolute atomic E-state index is 6.50. The summed E-state index contributed by atoms with van der Waals surface area (Å²) in [6.07, 6.45) is 9.40. The molecule has 35 heavy (non-hydrogen) atoms. The second kappa shape index (κ2) is 9.93. The Morgan fingerprint density at radius 3 is 2.74 bits per heavy atom. The van der Waals surface area contributed by atoms with Gasteiger partial charge in [0.25, 0.3) is 0 Å². The molecule has 1 unspecified atom stereocenters. The third-order valence-corrected chi connectivity index (χ3v) is 6.97. The summed E-state index contributed by atoms with van der Waals surface area (Å²) in [6.45, 7) is 7.96. The second-order valence-corrected chi connectivity index (χ2v) is 9.77. The molecular weight excluding hydrogens is 485 g/mol. The van der Waals surface area contributed by atoms with Crippen molar-refractivity contribution in [2.45, 2.75) is 38.3 Å². The standard InChI is InChI=1S/C26H27Cl2N5O2/c1-15(2)10-22(23-20(27)4-3-5-21(23)28)35-25-24-18(12-31-26(25)29)19(14-34-24)16-11-32-33(13-16)17-6-8-30-9-7-17/h3-5,11-14,17,22,30H,1,6-10H2,2H3,(H2,29,31). The monoisotopic (exact) mass is 511 g/mol. The van der Waals surface area contributed by atoms with Crippen molar-refractivity contribution < 1.29 is 9.15 Å². The van der Waals surface area contributed by atoms with Crippen LogP contribution in [0.25, 0.3) is 22.1 Å². The number of benzene rings is 1. The molecule has 0 saturated carbocycles. The van der Waals surface area contributed by atoms with Crippen LogP contribution < -0.4 is 15.8 Å². The van der Waals surface area contributed by atoms with Gasteiger partial charge in [-0.3, -0.25) is 4.68 Å². The number of pyridine rings is 1. The van der Waals surface area contributed by atoms with Gasteiger partial charge in [-0.1, -0.05) is 41.4 Å². The van der Waals surface area contributed by atoms with E-state index >= 15 is 0 Å². The molecule has 0 spiro atoms. The van der Waals surface area contributed by atoms with Crippen molar-refractivity contribution in [3.05, 3.63) is 70.8 Å². The molecule has 1 atom stereocenters. The number of nitrogens with one attached hydrogen (secondary N) is 1. The van der Waals surface area contributed by atoms with Gasteiger partial charge in [-0.05, 0) is 45.0 Å². The van der Waals surface area contributed by atoms with Crippen molar-refractivity contribution >= 4 is 40.0 Å². The summed E-state index contributed by atoms with van der Waals surface area (Å²) < 4.78 is 14.5. The number of nitrogen functional groups attached to an aromatic ring is 1. The maximum atomic E-state index is 6.50. The quantitative estimate of drug-likeness (QED) is 0.272. The first-order chi connectivity index (χ1) is 16.9. The van der Waals surface area contributed by atoms with Crippen molar-refractivity contribution in [3.63, 3.8) is 0 Å². The van der Waals surface area contributed by atoms with E-state index in [1.165, 1.54) is 0 Å². The molecule has 1 aromatic carbocycles. The highest BCUT2D eigenvalue weighted by Crippen LogP contribution is 2.42. The summed E-state index contributed by atoms with van der Waals surface area (Å²) >= 11 is 13.0. The minimum absolute atomic E-state index is 0.221. The van der Waals surface area contributed by atoms with Crippen molar-refractivity contribution in [3.8, 4) is 16.9 Å². The predicted octanol–water partition coefficient (Wildman–Crippen LogP) is 6.59. The summed E-state index contributed by atoms with van der Waals surface area (Å²) in [5.74, 6) is 0.570. The molecule has 1 aliphatic heterocycles. The molecule has 1 fully saturated rings. The maximum Gasteiger partial charge on any atom is 0.205 e. The van der Waals surface area contributed by atoms with Gasteiger partial charge in [-0.25, -0.2) is 4.98 Å². The van der Waals surface area contributed by atoms with Crippen LogP contribution in [0.3, 0.4) is 0 Å². The lowest BCUT2D eigenvalue weighted by atomic mass is 10.0. The molecule has 0 aliphatic carbocycles. The van der Waals surface area contributed by atoms with Crippen molar-refractivity contribution in [1.82, 2.24) is 20.1 Å². The molecule has 5 rings (SSSR count). The average Bonchev–Trinajstić information content (AvgIpc) is 3.48. The molecule has 1 aliphatic rings. The molecule has 182 valence electrons. The normalized spacial score (nSPS) is 15.4. The molecule has 0 amide bonds. The third-order valence-electron chi connectivity index (χ3n) is 6.31. The summed E-state index contributed by atoms with van der Waals surface area (Å²) in [5.41, 5.74) is 10.2. The van der Waals surface area contributed by atoms with Crippen LogP contribution in [0.5, 0.6) is 5.75 Å². The molecule has 1 saturated heterocycles. The Labute approximate surface area is 213 Å². The summed E-state index contributed by atoms with van der Waals surface area (Å²) in [6, 6.07) is 5.75. The number of nitrogens with two attached hydrogens (primary N) is 1. The molecule has 9 heteroatoms. The van der Waals surface area contributed by atoms with E-state index in [4.69, 9.17) is 38.1 Å². The Morgan fingerprint density at radius 2 is 2.03 bits per heavy atom. The summed E-state index contributed by atoms with van der Waals surface area (Å²) in [7, 11) is 0. The molecule has 3 N–H and O–H groups in total. The summed E-state index contributed by atoms with van der Waals surface area (Å²) in [5, 5.41) is 9.81. The molecule has 0 radical (unpaired) electrons. The number of aromatic nitrogens is 3. The van der Waals surface area contributed by atoms with E-state index in [-0.39, 0.29) is 5.82 Å². The number of nitrogens with zero attached hydrogens (tertiary/aromatic N) is 3. The topological polar surface area (TPSA) is 91.1 Å². The second-order valence-electron chi connectivity index (χ2n) is 8.96. The van der Waals surface area contributed by atoms with Crippen LogP contribution in [0.4, 0.5) is 5.82 Å². The van der Waals surface area contributed by atoms with Crippen molar-refractivity contribution in [2.24, 2.45) is 0 Å². The zero-order valence-electron chi connectivity index (χ0n) is 19.4. The van der Waals surface area contributed by atoms with Crippen LogP contribution in [0.15, 0.2) is 59.6 Å². The lowest BCUT2D eigenvalue weighted by molar-refractivity contribution is 0.207. The first kappa shape index (κ1) is 23.7. The number of anilines is 1. The Kier molecular flexibility index (Phi) is 6.73. The molecule has 3 aromatic heterocycles. The zero-order chi connectivity index (χ0) is 24.5. The number of piperidine rings is 1. The molecule has 4 heterocycles. The number of hydrogen-bond donors (Lipinski definition) is 2. The number of ether oxygens (including phenoxy) is 1. The van der Waals surface area contributed by atoms with Gasteiger partial charge in [0.2, 0.25) is 5.75 Å². The van der Waals surface area contributed by atoms with E-state index in [1.54, 1.807) is 30.7 Å². The predicted molar refractivity (Wildman–Crippen MR) is 140 cm³/mol. The highest BCUT2D eigenvalue weighted by molar-refractivity contribution is 6.36. The van der Waals surface area contributed by atoms with E-state index in [9.17, 15) is 0 Å². The molecular formula is C26H27Cl2N5O2. The van der Waals surface area contributed by atoms with Gasteiger partial charge in [0.1, 0.15) is 12.4 Å². The third kappa shape index (κ3) is 4.76. The number of rotatable bonds is 7. The number of furan rings is 1. The fraction of sp³-hybridized carbons (Fsp3) is 0.308. The SMILES string of the molecule is C=C(C)CC(Oc1c(N)ncc2c(-c3cnn(C4CCNCC4)c3)coc12)c1c(Cl)cccc1Cl. The number of hydrogen-bond acceptors (Lipinski definition) is 6. The van der Waals surface area contributed by atoms with Gasteiger partial charge in [-0.15, -0.1) is 0 Å². The van der Waals surface area contributed by atoms with Crippen molar-refractivity contribution in [1.29, 1.82) is 0 Å². The highest BCUT2D eigenvalue weighted by Gasteiger charge is 2.25. The van der Waals surface area contributed by atoms with Crippen LogP contribution >= 0.6 is 23.2 Å². The highest BCUT2D eigenvalue weighted by atomic mass is 35.5. The Balaban J connectivity index is 1.52. The number of halogens is 2. The van der Waals surface area contributed by atoms with Gasteiger partial charge in [-0.2, -0.15) is 5.10 Å². The number of fused-ring (bicyclic) bond motifs is 1. The van der Waals surface area contributed by atoms with E-state index in [1.807, 2.05) is 17.8 Å². The molecule has 7 nitrogen and oxygen atoms in total.